The van der Waals surface area contributed by atoms with Crippen molar-refractivity contribution in [3.8, 4) is 0 Å². The van der Waals surface area contributed by atoms with E-state index in [9.17, 15) is 8.42 Å². The molecule has 2 aromatic rings. The van der Waals surface area contributed by atoms with Crippen LogP contribution in [0.1, 0.15) is 11.1 Å². The van der Waals surface area contributed by atoms with Crippen LogP contribution in [0.5, 0.6) is 0 Å². The standard InChI is InChI=1S/C15H18N2O2S/c1-12-13(11-16-2)7-6-10-15(12)20(18,19)17-14-8-4-3-5-9-14/h3-10,16-17H,11H2,1-2H3. The highest BCUT2D eigenvalue weighted by Crippen LogP contribution is 2.21. The van der Waals surface area contributed by atoms with E-state index in [1.165, 1.54) is 0 Å². The predicted octanol–water partition coefficient (Wildman–Crippen LogP) is 2.52. The fraction of sp³-hybridized carbons (Fsp3) is 0.200. The van der Waals surface area contributed by atoms with E-state index >= 15 is 0 Å². The van der Waals surface area contributed by atoms with Crippen molar-refractivity contribution in [2.24, 2.45) is 0 Å². The van der Waals surface area contributed by atoms with Crippen LogP contribution in [-0.4, -0.2) is 15.5 Å². The van der Waals surface area contributed by atoms with Gasteiger partial charge in [0.2, 0.25) is 0 Å². The molecule has 0 saturated heterocycles. The molecule has 4 nitrogen and oxygen atoms in total. The van der Waals surface area contributed by atoms with Crippen LogP contribution < -0.4 is 10.0 Å². The highest BCUT2D eigenvalue weighted by molar-refractivity contribution is 7.92. The van der Waals surface area contributed by atoms with Crippen molar-refractivity contribution in [2.45, 2.75) is 18.4 Å². The molecule has 2 aromatic carbocycles. The maximum atomic E-state index is 12.4. The minimum Gasteiger partial charge on any atom is -0.316 e. The maximum Gasteiger partial charge on any atom is 0.262 e. The number of nitrogens with one attached hydrogen (secondary N) is 2. The summed E-state index contributed by atoms with van der Waals surface area (Å²) in [5.74, 6) is 0. The lowest BCUT2D eigenvalue weighted by molar-refractivity contribution is 0.600. The summed E-state index contributed by atoms with van der Waals surface area (Å²) in [6.45, 7) is 2.47. The highest BCUT2D eigenvalue weighted by Gasteiger charge is 2.18. The minimum atomic E-state index is -3.56. The van der Waals surface area contributed by atoms with Gasteiger partial charge in [0.25, 0.3) is 10.0 Å². The van der Waals surface area contributed by atoms with E-state index < -0.39 is 10.0 Å². The third-order valence-corrected chi connectivity index (χ3v) is 4.60. The van der Waals surface area contributed by atoms with Gasteiger partial charge < -0.3 is 5.32 Å². The molecule has 5 heteroatoms. The summed E-state index contributed by atoms with van der Waals surface area (Å²) in [4.78, 5) is 0.314. The zero-order valence-corrected chi connectivity index (χ0v) is 12.4. The Kier molecular flexibility index (Phi) is 4.42. The first-order valence-corrected chi connectivity index (χ1v) is 7.84. The van der Waals surface area contributed by atoms with E-state index in [0.717, 1.165) is 11.1 Å². The van der Waals surface area contributed by atoms with Gasteiger partial charge in [-0.3, -0.25) is 4.72 Å². The summed E-state index contributed by atoms with van der Waals surface area (Å²) in [5, 5.41) is 3.04. The van der Waals surface area contributed by atoms with Gasteiger partial charge in [0.1, 0.15) is 0 Å². The average Bonchev–Trinajstić information content (AvgIpc) is 2.42. The Morgan fingerprint density at radius 1 is 1.00 bits per heavy atom. The number of rotatable bonds is 5. The van der Waals surface area contributed by atoms with E-state index in [-0.39, 0.29) is 0 Å². The molecular weight excluding hydrogens is 272 g/mol. The highest BCUT2D eigenvalue weighted by atomic mass is 32.2. The van der Waals surface area contributed by atoms with Crippen molar-refractivity contribution in [3.05, 3.63) is 59.7 Å². The first-order valence-electron chi connectivity index (χ1n) is 6.35. The summed E-state index contributed by atoms with van der Waals surface area (Å²) in [6, 6.07) is 14.2. The molecular formula is C15H18N2O2S. The second-order valence-corrected chi connectivity index (χ2v) is 6.19. The van der Waals surface area contributed by atoms with Crippen LogP contribution in [0.25, 0.3) is 0 Å². The molecule has 2 N–H and O–H groups in total. The van der Waals surface area contributed by atoms with Crippen molar-refractivity contribution >= 4 is 15.7 Å². The number of benzene rings is 2. The summed E-state index contributed by atoms with van der Waals surface area (Å²) in [6.07, 6.45) is 0. The van der Waals surface area contributed by atoms with Gasteiger partial charge in [-0.05, 0) is 43.3 Å². The van der Waals surface area contributed by atoms with Crippen LogP contribution in [-0.2, 0) is 16.6 Å². The quantitative estimate of drug-likeness (QED) is 0.889. The summed E-state index contributed by atoms with van der Waals surface area (Å²) in [7, 11) is -1.73. The monoisotopic (exact) mass is 290 g/mol. The molecule has 0 radical (unpaired) electrons. The third kappa shape index (κ3) is 3.18. The van der Waals surface area contributed by atoms with Crippen LogP contribution in [0.3, 0.4) is 0 Å². The van der Waals surface area contributed by atoms with E-state index in [4.69, 9.17) is 0 Å². The Labute approximate surface area is 119 Å². The minimum absolute atomic E-state index is 0.314. The Bertz CT molecular complexity index is 682. The molecule has 0 aliphatic heterocycles. The van der Waals surface area contributed by atoms with Gasteiger partial charge in [0.15, 0.2) is 0 Å². The third-order valence-electron chi connectivity index (χ3n) is 3.08. The molecule has 0 aliphatic carbocycles. The van der Waals surface area contributed by atoms with Gasteiger partial charge >= 0.3 is 0 Å². The Balaban J connectivity index is 2.37. The number of hydrogen-bond acceptors (Lipinski definition) is 3. The lowest BCUT2D eigenvalue weighted by atomic mass is 10.1. The molecule has 0 atom stereocenters. The second-order valence-electron chi connectivity index (χ2n) is 4.54. The molecule has 0 heterocycles. The van der Waals surface area contributed by atoms with Crippen LogP contribution in [0.4, 0.5) is 5.69 Å². The average molecular weight is 290 g/mol. The van der Waals surface area contributed by atoms with Crippen molar-refractivity contribution in [1.82, 2.24) is 5.32 Å². The number of para-hydroxylation sites is 1. The zero-order valence-electron chi connectivity index (χ0n) is 11.6. The largest absolute Gasteiger partial charge is 0.316 e. The second kappa shape index (κ2) is 6.07. The molecule has 0 saturated carbocycles. The predicted molar refractivity (Wildman–Crippen MR) is 81.2 cm³/mol. The lowest BCUT2D eigenvalue weighted by Gasteiger charge is -2.13. The van der Waals surface area contributed by atoms with E-state index in [2.05, 4.69) is 10.0 Å². The van der Waals surface area contributed by atoms with Crippen LogP contribution in [0.15, 0.2) is 53.4 Å². The lowest BCUT2D eigenvalue weighted by Crippen LogP contribution is -2.16. The molecule has 0 aliphatic rings. The fourth-order valence-electron chi connectivity index (χ4n) is 2.05. The summed E-state index contributed by atoms with van der Waals surface area (Å²) in [5.41, 5.74) is 2.31. The van der Waals surface area contributed by atoms with Gasteiger partial charge in [-0.25, -0.2) is 8.42 Å². The topological polar surface area (TPSA) is 58.2 Å². The Morgan fingerprint density at radius 2 is 1.70 bits per heavy atom. The Hall–Kier alpha value is -1.85. The number of sulfonamides is 1. The van der Waals surface area contributed by atoms with E-state index in [0.29, 0.717) is 17.1 Å². The van der Waals surface area contributed by atoms with Crippen LogP contribution in [0, 0.1) is 6.92 Å². The van der Waals surface area contributed by atoms with Gasteiger partial charge in [-0.1, -0.05) is 30.3 Å². The van der Waals surface area contributed by atoms with Gasteiger partial charge in [-0.15, -0.1) is 0 Å². The van der Waals surface area contributed by atoms with Gasteiger partial charge in [-0.2, -0.15) is 0 Å². The molecule has 2 rings (SSSR count). The molecule has 0 bridgehead atoms. The molecule has 0 amide bonds. The van der Waals surface area contributed by atoms with Crippen molar-refractivity contribution in [1.29, 1.82) is 0 Å². The van der Waals surface area contributed by atoms with E-state index in [1.54, 1.807) is 36.4 Å². The molecule has 0 fully saturated rings. The fourth-order valence-corrected chi connectivity index (χ4v) is 3.40. The number of anilines is 1. The molecule has 0 spiro atoms. The van der Waals surface area contributed by atoms with Gasteiger partial charge in [0, 0.05) is 12.2 Å². The van der Waals surface area contributed by atoms with Crippen LogP contribution in [0.2, 0.25) is 0 Å². The van der Waals surface area contributed by atoms with Crippen molar-refractivity contribution in [2.75, 3.05) is 11.8 Å². The first-order chi connectivity index (χ1) is 9.54. The zero-order chi connectivity index (χ0) is 14.6. The SMILES string of the molecule is CNCc1cccc(S(=O)(=O)Nc2ccccc2)c1C. The van der Waals surface area contributed by atoms with E-state index in [1.807, 2.05) is 26.1 Å². The normalized spacial score (nSPS) is 11.3. The molecule has 0 unspecified atom stereocenters. The van der Waals surface area contributed by atoms with Gasteiger partial charge in [0.05, 0.1) is 4.90 Å². The summed E-state index contributed by atoms with van der Waals surface area (Å²) < 4.78 is 27.5. The smallest absolute Gasteiger partial charge is 0.262 e. The summed E-state index contributed by atoms with van der Waals surface area (Å²) >= 11 is 0. The molecule has 20 heavy (non-hydrogen) atoms. The maximum absolute atomic E-state index is 12.4. The first kappa shape index (κ1) is 14.6. The van der Waals surface area contributed by atoms with Crippen molar-refractivity contribution < 1.29 is 8.42 Å². The molecule has 106 valence electrons. The van der Waals surface area contributed by atoms with Crippen molar-refractivity contribution in [3.63, 3.8) is 0 Å². The Morgan fingerprint density at radius 3 is 2.35 bits per heavy atom. The molecule has 0 aromatic heterocycles. The number of hydrogen-bond donors (Lipinski definition) is 2. The van der Waals surface area contributed by atoms with Crippen LogP contribution >= 0.6 is 0 Å².